The Morgan fingerprint density at radius 3 is 2.35 bits per heavy atom. The molecule has 0 aliphatic heterocycles. The van der Waals surface area contributed by atoms with Crippen LogP contribution >= 0.6 is 0 Å². The number of para-hydroxylation sites is 2. The van der Waals surface area contributed by atoms with E-state index >= 15 is 0 Å². The van der Waals surface area contributed by atoms with Gasteiger partial charge in [-0.2, -0.15) is 0 Å². The van der Waals surface area contributed by atoms with Gasteiger partial charge in [0, 0.05) is 5.56 Å². The van der Waals surface area contributed by atoms with Gasteiger partial charge < -0.3 is 9.30 Å². The highest BCUT2D eigenvalue weighted by atomic mass is 16.5. The van der Waals surface area contributed by atoms with Crippen LogP contribution in [0.4, 0.5) is 0 Å². The predicted molar refractivity (Wildman–Crippen MR) is 106 cm³/mol. The highest BCUT2D eigenvalue weighted by Gasteiger charge is 2.12. The second-order valence-corrected chi connectivity index (χ2v) is 6.29. The molecule has 0 aliphatic carbocycles. The summed E-state index contributed by atoms with van der Waals surface area (Å²) in [5, 5.41) is 0. The molecule has 26 heavy (non-hydrogen) atoms. The predicted octanol–water partition coefficient (Wildman–Crippen LogP) is 5.34. The van der Waals surface area contributed by atoms with Crippen LogP contribution in [0.1, 0.15) is 12.5 Å². The van der Waals surface area contributed by atoms with Crippen LogP contribution in [0, 0.1) is 0 Å². The molecule has 4 aromatic rings. The molecule has 0 fully saturated rings. The largest absolute Gasteiger partial charge is 0.492 e. The molecule has 0 saturated carbocycles. The fourth-order valence-corrected chi connectivity index (χ4v) is 3.19. The normalized spacial score (nSPS) is 11.0. The average Bonchev–Trinajstić information content (AvgIpc) is 3.08. The molecule has 1 heterocycles. The second kappa shape index (κ2) is 7.44. The van der Waals surface area contributed by atoms with Crippen molar-refractivity contribution >= 4 is 11.0 Å². The maximum absolute atomic E-state index is 5.97. The third kappa shape index (κ3) is 3.33. The van der Waals surface area contributed by atoms with E-state index in [2.05, 4.69) is 54.0 Å². The Hall–Kier alpha value is -3.07. The first-order valence-electron chi connectivity index (χ1n) is 9.07. The highest BCUT2D eigenvalue weighted by Crippen LogP contribution is 2.24. The molecular weight excluding hydrogens is 320 g/mol. The monoisotopic (exact) mass is 342 g/mol. The lowest BCUT2D eigenvalue weighted by Gasteiger charge is -2.11. The lowest BCUT2D eigenvalue weighted by Crippen LogP contribution is -2.09. The first-order valence-corrected chi connectivity index (χ1v) is 9.07. The van der Waals surface area contributed by atoms with Gasteiger partial charge in [-0.3, -0.25) is 0 Å². The van der Waals surface area contributed by atoms with E-state index in [-0.39, 0.29) is 0 Å². The first-order chi connectivity index (χ1) is 12.8. The van der Waals surface area contributed by atoms with Crippen LogP contribution in [-0.4, -0.2) is 16.2 Å². The van der Waals surface area contributed by atoms with Gasteiger partial charge in [-0.1, -0.05) is 61.5 Å². The van der Waals surface area contributed by atoms with E-state index in [0.717, 1.165) is 41.1 Å². The second-order valence-electron chi connectivity index (χ2n) is 6.29. The number of ether oxygens (including phenoxy) is 1. The summed E-state index contributed by atoms with van der Waals surface area (Å²) in [7, 11) is 0. The molecule has 0 spiro atoms. The topological polar surface area (TPSA) is 27.1 Å². The van der Waals surface area contributed by atoms with E-state index in [4.69, 9.17) is 9.72 Å². The van der Waals surface area contributed by atoms with Gasteiger partial charge in [-0.25, -0.2) is 4.98 Å². The number of benzene rings is 3. The summed E-state index contributed by atoms with van der Waals surface area (Å²) in [6.45, 7) is 3.51. The van der Waals surface area contributed by atoms with Crippen molar-refractivity contribution in [1.82, 2.24) is 9.55 Å². The molecule has 3 nitrogen and oxygen atoms in total. The summed E-state index contributed by atoms with van der Waals surface area (Å²) in [4.78, 5) is 4.84. The van der Waals surface area contributed by atoms with Crippen LogP contribution < -0.4 is 4.74 Å². The maximum atomic E-state index is 5.97. The quantitative estimate of drug-likeness (QED) is 0.472. The van der Waals surface area contributed by atoms with Crippen molar-refractivity contribution in [3.8, 4) is 17.1 Å². The van der Waals surface area contributed by atoms with Crippen molar-refractivity contribution in [2.75, 3.05) is 6.61 Å². The number of fused-ring (bicyclic) bond motifs is 1. The van der Waals surface area contributed by atoms with E-state index in [9.17, 15) is 0 Å². The Bertz CT molecular complexity index is 988. The highest BCUT2D eigenvalue weighted by molar-refractivity contribution is 5.80. The summed E-state index contributed by atoms with van der Waals surface area (Å²) >= 11 is 0. The molecular formula is C23H22N2O. The van der Waals surface area contributed by atoms with Crippen molar-refractivity contribution in [2.45, 2.75) is 19.9 Å². The van der Waals surface area contributed by atoms with Crippen molar-refractivity contribution in [3.63, 3.8) is 0 Å². The third-order valence-electron chi connectivity index (χ3n) is 4.60. The first kappa shape index (κ1) is 16.4. The lowest BCUT2D eigenvalue weighted by atomic mass is 10.2. The molecule has 0 saturated heterocycles. The van der Waals surface area contributed by atoms with E-state index < -0.39 is 0 Å². The Morgan fingerprint density at radius 2 is 1.58 bits per heavy atom. The summed E-state index contributed by atoms with van der Waals surface area (Å²) in [6, 6.07) is 26.9. The van der Waals surface area contributed by atoms with Crippen LogP contribution in [0.2, 0.25) is 0 Å². The van der Waals surface area contributed by atoms with Gasteiger partial charge in [-0.15, -0.1) is 0 Å². The Labute approximate surface area is 153 Å². The van der Waals surface area contributed by atoms with Crippen molar-refractivity contribution < 1.29 is 4.74 Å². The number of aryl methyl sites for hydroxylation is 1. The van der Waals surface area contributed by atoms with Gasteiger partial charge in [0.1, 0.15) is 18.2 Å². The van der Waals surface area contributed by atoms with E-state index in [1.54, 1.807) is 0 Å². The van der Waals surface area contributed by atoms with Crippen LogP contribution in [0.5, 0.6) is 5.75 Å². The molecule has 0 aliphatic rings. The smallest absolute Gasteiger partial charge is 0.141 e. The zero-order chi connectivity index (χ0) is 17.8. The molecule has 0 radical (unpaired) electrons. The molecule has 0 unspecified atom stereocenters. The molecule has 4 rings (SSSR count). The average molecular weight is 342 g/mol. The minimum atomic E-state index is 0.603. The molecule has 1 aromatic heterocycles. The summed E-state index contributed by atoms with van der Waals surface area (Å²) in [5.74, 6) is 1.89. The van der Waals surface area contributed by atoms with Gasteiger partial charge >= 0.3 is 0 Å². The summed E-state index contributed by atoms with van der Waals surface area (Å²) < 4.78 is 8.21. The molecule has 0 N–H and O–H groups in total. The van der Waals surface area contributed by atoms with E-state index in [0.29, 0.717) is 6.61 Å². The molecule has 130 valence electrons. The van der Waals surface area contributed by atoms with Gasteiger partial charge in [-0.05, 0) is 36.2 Å². The third-order valence-corrected chi connectivity index (χ3v) is 4.60. The zero-order valence-corrected chi connectivity index (χ0v) is 14.9. The summed E-state index contributed by atoms with van der Waals surface area (Å²) in [6.07, 6.45) is 1.04. The number of imidazole rings is 1. The van der Waals surface area contributed by atoms with Crippen LogP contribution in [0.25, 0.3) is 22.4 Å². The van der Waals surface area contributed by atoms with Crippen LogP contribution in [0.3, 0.4) is 0 Å². The van der Waals surface area contributed by atoms with Gasteiger partial charge in [0.2, 0.25) is 0 Å². The van der Waals surface area contributed by atoms with Gasteiger partial charge in [0.15, 0.2) is 0 Å². The molecule has 3 heteroatoms. The molecule has 0 atom stereocenters. The van der Waals surface area contributed by atoms with E-state index in [1.807, 2.05) is 36.4 Å². The zero-order valence-electron chi connectivity index (χ0n) is 14.9. The summed E-state index contributed by atoms with van der Waals surface area (Å²) in [5.41, 5.74) is 4.59. The van der Waals surface area contributed by atoms with Crippen LogP contribution in [0.15, 0.2) is 78.9 Å². The number of rotatable bonds is 6. The molecule has 0 amide bonds. The number of hydrogen-bond donors (Lipinski definition) is 0. The van der Waals surface area contributed by atoms with Crippen molar-refractivity contribution in [1.29, 1.82) is 0 Å². The fourth-order valence-electron chi connectivity index (χ4n) is 3.19. The lowest BCUT2D eigenvalue weighted by molar-refractivity contribution is 0.301. The SMILES string of the molecule is CCc1ccc(OCCn2c(-c3ccccc3)nc3ccccc32)cc1. The fraction of sp³-hybridized carbons (Fsp3) is 0.174. The number of hydrogen-bond acceptors (Lipinski definition) is 2. The standard InChI is InChI=1S/C23H22N2O/c1-2-18-12-14-20(15-13-18)26-17-16-25-22-11-7-6-10-21(22)24-23(25)19-8-4-3-5-9-19/h3-15H,2,16-17H2,1H3. The van der Waals surface area contributed by atoms with Crippen molar-refractivity contribution in [3.05, 3.63) is 84.4 Å². The maximum Gasteiger partial charge on any atom is 0.141 e. The molecule has 0 bridgehead atoms. The van der Waals surface area contributed by atoms with Gasteiger partial charge in [0.05, 0.1) is 17.6 Å². The van der Waals surface area contributed by atoms with Crippen molar-refractivity contribution in [2.24, 2.45) is 0 Å². The Balaban J connectivity index is 1.58. The minimum Gasteiger partial charge on any atom is -0.492 e. The molecule has 3 aromatic carbocycles. The van der Waals surface area contributed by atoms with Crippen LogP contribution in [-0.2, 0) is 13.0 Å². The number of aromatic nitrogens is 2. The van der Waals surface area contributed by atoms with E-state index in [1.165, 1.54) is 5.56 Å². The Morgan fingerprint density at radius 1 is 0.846 bits per heavy atom. The number of nitrogens with zero attached hydrogens (tertiary/aromatic N) is 2. The minimum absolute atomic E-state index is 0.603. The van der Waals surface area contributed by atoms with Gasteiger partial charge in [0.25, 0.3) is 0 Å². The Kier molecular flexibility index (Phi) is 4.69.